The highest BCUT2D eigenvalue weighted by Crippen LogP contribution is 2.38. The number of rotatable bonds is 35. The lowest BCUT2D eigenvalue weighted by Crippen LogP contribution is -2.30. The first kappa shape index (κ1) is 44.9. The van der Waals surface area contributed by atoms with Gasteiger partial charge in [-0.1, -0.05) is 96.8 Å². The molecule has 274 valence electrons. The molecule has 0 N–H and O–H groups in total. The third-order valence-electron chi connectivity index (χ3n) is 7.87. The molecule has 0 aliphatic heterocycles. The third kappa shape index (κ3) is 31.5. The number of likely N-dealkylation sites (N-methyl/N-ethyl adjacent to an activating group) is 1. The topological polar surface area (TPSA) is 133 Å². The summed E-state index contributed by atoms with van der Waals surface area (Å²) in [5.74, 6) is -0.866. The largest absolute Gasteiger partial charge is 0.756 e. The summed E-state index contributed by atoms with van der Waals surface area (Å²) in [6, 6.07) is 0. The van der Waals surface area contributed by atoms with Crippen molar-refractivity contribution in [3.8, 4) is 0 Å². The lowest BCUT2D eigenvalue weighted by Gasteiger charge is -2.26. The second kappa shape index (κ2) is 32.5. The lowest BCUT2D eigenvalue weighted by atomic mass is 10.1. The van der Waals surface area contributed by atoms with Gasteiger partial charge in [0.25, 0.3) is 7.82 Å². The number of ether oxygens (including phenoxy) is 4. The van der Waals surface area contributed by atoms with Gasteiger partial charge in [-0.15, -0.1) is 0 Å². The van der Waals surface area contributed by atoms with E-state index in [0.717, 1.165) is 77.5 Å². The Hall–Kier alpha value is -1.07. The molecule has 0 saturated heterocycles. The molecule has 0 aliphatic rings. The van der Waals surface area contributed by atoms with Crippen molar-refractivity contribution >= 4 is 19.8 Å². The van der Waals surface area contributed by atoms with Crippen molar-refractivity contribution in [2.75, 3.05) is 67.4 Å². The smallest absolute Gasteiger partial charge is 0.306 e. The summed E-state index contributed by atoms with van der Waals surface area (Å²) in [7, 11) is 0.696. The number of esters is 2. The molecule has 0 aromatic heterocycles. The quantitative estimate of drug-likeness (QED) is 0.0390. The highest BCUT2D eigenvalue weighted by atomic mass is 31.2. The molecule has 0 aliphatic carbocycles. The van der Waals surface area contributed by atoms with Gasteiger partial charge in [-0.25, -0.2) is 0 Å². The molecule has 0 amide bonds. The maximum Gasteiger partial charge on any atom is 0.306 e. The fraction of sp³-hybridized carbons (Fsp3) is 0.941. The van der Waals surface area contributed by atoms with Crippen molar-refractivity contribution in [1.82, 2.24) is 4.90 Å². The number of carbonyl (C=O) groups excluding carboxylic acids is 2. The average molecular weight is 681 g/mol. The lowest BCUT2D eigenvalue weighted by molar-refractivity contribution is -0.228. The van der Waals surface area contributed by atoms with Crippen LogP contribution in [-0.2, 0) is 42.1 Å². The van der Waals surface area contributed by atoms with E-state index in [1.807, 2.05) is 18.9 Å². The summed E-state index contributed by atoms with van der Waals surface area (Å²) in [5, 5.41) is 0. The first-order chi connectivity index (χ1) is 22.2. The van der Waals surface area contributed by atoms with Crippen LogP contribution in [0.4, 0.5) is 0 Å². The summed E-state index contributed by atoms with van der Waals surface area (Å²) in [5.41, 5.74) is 0. The zero-order valence-corrected chi connectivity index (χ0v) is 30.5. The van der Waals surface area contributed by atoms with Gasteiger partial charge in [0.1, 0.15) is 6.61 Å². The second-order valence-electron chi connectivity index (χ2n) is 12.1. The van der Waals surface area contributed by atoms with Gasteiger partial charge >= 0.3 is 11.9 Å². The molecular weight excluding hydrogens is 613 g/mol. The Morgan fingerprint density at radius 1 is 0.630 bits per heavy atom. The molecule has 0 heterocycles. The minimum atomic E-state index is -4.61. The van der Waals surface area contributed by atoms with Crippen LogP contribution in [0.15, 0.2) is 0 Å². The predicted molar refractivity (Wildman–Crippen MR) is 180 cm³/mol. The van der Waals surface area contributed by atoms with Crippen LogP contribution in [0.2, 0.25) is 0 Å². The van der Waals surface area contributed by atoms with E-state index in [2.05, 4.69) is 0 Å². The fourth-order valence-electron chi connectivity index (χ4n) is 4.80. The van der Waals surface area contributed by atoms with Gasteiger partial charge in [0.15, 0.2) is 6.10 Å². The highest BCUT2D eigenvalue weighted by Gasteiger charge is 2.21. The first-order valence-electron chi connectivity index (χ1n) is 17.9. The first-order valence-corrected chi connectivity index (χ1v) is 19.3. The van der Waals surface area contributed by atoms with Crippen LogP contribution in [-0.4, -0.2) is 90.3 Å². The van der Waals surface area contributed by atoms with Crippen molar-refractivity contribution in [2.45, 2.75) is 141 Å². The van der Waals surface area contributed by atoms with E-state index in [9.17, 15) is 19.0 Å². The molecule has 0 fully saturated rings. The number of phosphoric acid groups is 1. The van der Waals surface area contributed by atoms with Crippen LogP contribution in [0.1, 0.15) is 135 Å². The van der Waals surface area contributed by atoms with Gasteiger partial charge in [-0.2, -0.15) is 0 Å². The average Bonchev–Trinajstić information content (AvgIpc) is 3.03. The number of carbonyl (C=O) groups is 2. The molecule has 0 spiro atoms. The van der Waals surface area contributed by atoms with Crippen LogP contribution in [0.3, 0.4) is 0 Å². The molecule has 46 heavy (non-hydrogen) atoms. The van der Waals surface area contributed by atoms with Crippen molar-refractivity contribution in [3.05, 3.63) is 0 Å². The summed E-state index contributed by atoms with van der Waals surface area (Å²) < 4.78 is 43.1. The van der Waals surface area contributed by atoms with Crippen molar-refractivity contribution in [1.29, 1.82) is 0 Å². The Bertz CT molecular complexity index is 757. The van der Waals surface area contributed by atoms with Gasteiger partial charge in [-0.05, 0) is 39.3 Å². The highest BCUT2D eigenvalue weighted by molar-refractivity contribution is 7.45. The van der Waals surface area contributed by atoms with E-state index < -0.39 is 32.5 Å². The molecular formula is C34H67NO10P-. The Morgan fingerprint density at radius 3 is 1.52 bits per heavy atom. The van der Waals surface area contributed by atoms with Gasteiger partial charge in [0.2, 0.25) is 0 Å². The third-order valence-corrected chi connectivity index (χ3v) is 8.83. The Balaban J connectivity index is 4.42. The molecule has 2 atom stereocenters. The van der Waals surface area contributed by atoms with E-state index in [1.54, 1.807) is 14.2 Å². The number of methoxy groups -OCH3 is 2. The predicted octanol–water partition coefficient (Wildman–Crippen LogP) is 6.99. The number of unbranched alkanes of at least 4 members (excludes halogenated alkanes) is 16. The normalized spacial score (nSPS) is 13.5. The van der Waals surface area contributed by atoms with E-state index in [1.165, 1.54) is 51.4 Å². The Kier molecular flexibility index (Phi) is 31.7. The number of phosphoric ester groups is 1. The molecule has 2 unspecified atom stereocenters. The summed E-state index contributed by atoms with van der Waals surface area (Å²) in [6.07, 6.45) is 19.0. The van der Waals surface area contributed by atoms with Gasteiger partial charge in [-0.3, -0.25) is 14.2 Å². The van der Waals surface area contributed by atoms with E-state index in [4.69, 9.17) is 28.0 Å². The van der Waals surface area contributed by atoms with Crippen molar-refractivity contribution in [2.24, 2.45) is 0 Å². The molecule has 11 nitrogen and oxygen atoms in total. The van der Waals surface area contributed by atoms with Crippen LogP contribution < -0.4 is 4.89 Å². The molecule has 0 rings (SSSR count). The number of nitrogens with zero attached hydrogens (tertiary/aromatic N) is 1. The zero-order valence-electron chi connectivity index (χ0n) is 29.6. The van der Waals surface area contributed by atoms with Crippen molar-refractivity contribution < 1.29 is 47.0 Å². The van der Waals surface area contributed by atoms with Crippen LogP contribution in [0, 0.1) is 0 Å². The maximum absolute atomic E-state index is 12.5. The van der Waals surface area contributed by atoms with Gasteiger partial charge in [0.05, 0.1) is 13.2 Å². The molecule has 0 aromatic carbocycles. The van der Waals surface area contributed by atoms with Crippen LogP contribution in [0.5, 0.6) is 0 Å². The van der Waals surface area contributed by atoms with Crippen molar-refractivity contribution in [3.63, 3.8) is 0 Å². The van der Waals surface area contributed by atoms with Crippen LogP contribution in [0.25, 0.3) is 0 Å². The molecule has 0 radical (unpaired) electrons. The summed E-state index contributed by atoms with van der Waals surface area (Å²) in [6.45, 7) is 3.99. The standard InChI is InChI=1S/C34H68NO10P/c1-5-35(2)26-29-43-46(38,39)44-31-32(45-34(37)25-21-17-13-9-7-11-15-19-23-28-41-4)30-42-33(36)24-20-16-12-8-6-10-14-18-22-27-40-3/h32H,5-31H2,1-4H3,(H,38,39)/p-1. The SMILES string of the molecule is CCN(C)CCOP(=O)([O-])OCC(COC(=O)CCCCCCCCCCCOC)OC(=O)CCCCCCCCCCCOC. The van der Waals surface area contributed by atoms with Gasteiger partial charge < -0.3 is 37.8 Å². The molecule has 0 aromatic rings. The minimum absolute atomic E-state index is 0.0488. The zero-order chi connectivity index (χ0) is 34.1. The number of hydrogen-bond acceptors (Lipinski definition) is 11. The van der Waals surface area contributed by atoms with Gasteiger partial charge in [0, 0.05) is 46.8 Å². The Labute approximate surface area is 280 Å². The maximum atomic E-state index is 12.5. The molecule has 12 heteroatoms. The monoisotopic (exact) mass is 680 g/mol. The van der Waals surface area contributed by atoms with Crippen LogP contribution >= 0.6 is 7.82 Å². The minimum Gasteiger partial charge on any atom is -0.756 e. The Morgan fingerprint density at radius 2 is 1.07 bits per heavy atom. The van der Waals surface area contributed by atoms with E-state index >= 15 is 0 Å². The van der Waals surface area contributed by atoms with E-state index in [-0.39, 0.29) is 26.1 Å². The molecule has 0 saturated carbocycles. The molecule has 0 bridgehead atoms. The van der Waals surface area contributed by atoms with E-state index in [0.29, 0.717) is 13.0 Å². The summed E-state index contributed by atoms with van der Waals surface area (Å²) >= 11 is 0. The number of hydrogen-bond donors (Lipinski definition) is 0. The second-order valence-corrected chi connectivity index (χ2v) is 13.5. The fourth-order valence-corrected chi connectivity index (χ4v) is 5.53. The summed E-state index contributed by atoms with van der Waals surface area (Å²) in [4.78, 5) is 39.0.